The third kappa shape index (κ3) is 5.23. The maximum Gasteiger partial charge on any atom is 0.152 e. The molecular formula is C27H25N5O. The Morgan fingerprint density at radius 2 is 1.76 bits per heavy atom. The molecule has 0 saturated carbocycles. The minimum atomic E-state index is 0.356. The second-order valence-electron chi connectivity index (χ2n) is 8.31. The average molecular weight is 436 g/mol. The summed E-state index contributed by atoms with van der Waals surface area (Å²) in [5.41, 5.74) is 5.65. The van der Waals surface area contributed by atoms with Crippen LogP contribution in [0.5, 0.6) is 5.75 Å². The van der Waals surface area contributed by atoms with Gasteiger partial charge in [-0.1, -0.05) is 67.6 Å². The molecule has 2 aromatic heterocycles. The fourth-order valence-corrected chi connectivity index (χ4v) is 4.04. The molecule has 5 aromatic rings. The molecule has 6 heteroatoms. The van der Waals surface area contributed by atoms with E-state index in [2.05, 4.69) is 82.1 Å². The summed E-state index contributed by atoms with van der Waals surface area (Å²) < 4.78 is 6.08. The molecule has 0 radical (unpaired) electrons. The van der Waals surface area contributed by atoms with Gasteiger partial charge in [0.05, 0.1) is 11.2 Å². The quantitative estimate of drug-likeness (QED) is 0.360. The molecule has 2 heterocycles. The minimum Gasteiger partial charge on any atom is -0.487 e. The van der Waals surface area contributed by atoms with Crippen LogP contribution >= 0.6 is 0 Å². The molecule has 6 nitrogen and oxygen atoms in total. The zero-order chi connectivity index (χ0) is 22.5. The third-order valence-electron chi connectivity index (χ3n) is 5.76. The summed E-state index contributed by atoms with van der Waals surface area (Å²) in [6.45, 7) is 2.69. The van der Waals surface area contributed by atoms with E-state index in [1.165, 1.54) is 16.7 Å². The lowest BCUT2D eigenvalue weighted by Crippen LogP contribution is -2.02. The number of pyridine rings is 1. The highest BCUT2D eigenvalue weighted by Crippen LogP contribution is 2.25. The number of aromatic nitrogens is 5. The number of hydrogen-bond donors (Lipinski definition) is 1. The van der Waals surface area contributed by atoms with E-state index in [9.17, 15) is 0 Å². The van der Waals surface area contributed by atoms with E-state index < -0.39 is 0 Å². The van der Waals surface area contributed by atoms with Crippen LogP contribution in [0.15, 0.2) is 84.9 Å². The highest BCUT2D eigenvalue weighted by atomic mass is 16.5. The first-order valence-electron chi connectivity index (χ1n) is 11.1. The number of aromatic amines is 1. The third-order valence-corrected chi connectivity index (χ3v) is 5.76. The second kappa shape index (κ2) is 9.61. The molecule has 0 aliphatic carbocycles. The van der Waals surface area contributed by atoms with Crippen LogP contribution in [-0.4, -0.2) is 25.6 Å². The van der Waals surface area contributed by atoms with Crippen molar-refractivity contribution < 1.29 is 4.74 Å². The van der Waals surface area contributed by atoms with Crippen LogP contribution < -0.4 is 4.74 Å². The highest BCUT2D eigenvalue weighted by Gasteiger charge is 2.10. The number of H-pyrrole nitrogens is 1. The second-order valence-corrected chi connectivity index (χ2v) is 8.31. The molecule has 0 aliphatic heterocycles. The van der Waals surface area contributed by atoms with Gasteiger partial charge in [-0.2, -0.15) is 0 Å². The predicted octanol–water partition coefficient (Wildman–Crippen LogP) is 5.26. The number of ether oxygens (including phenoxy) is 1. The maximum atomic E-state index is 6.08. The Morgan fingerprint density at radius 1 is 0.879 bits per heavy atom. The van der Waals surface area contributed by atoms with Crippen molar-refractivity contribution in [1.29, 1.82) is 0 Å². The number of benzene rings is 3. The lowest BCUT2D eigenvalue weighted by atomic mass is 9.92. The number of hydrogen-bond acceptors (Lipinski definition) is 5. The van der Waals surface area contributed by atoms with E-state index in [4.69, 9.17) is 9.72 Å². The fourth-order valence-electron chi connectivity index (χ4n) is 4.04. The molecule has 0 saturated heterocycles. The largest absolute Gasteiger partial charge is 0.487 e. The van der Waals surface area contributed by atoms with Crippen LogP contribution in [0, 0.1) is 0 Å². The maximum absolute atomic E-state index is 6.08. The first-order chi connectivity index (χ1) is 16.2. The average Bonchev–Trinajstić information content (AvgIpc) is 3.36. The van der Waals surface area contributed by atoms with E-state index in [0.717, 1.165) is 34.6 Å². The van der Waals surface area contributed by atoms with Crippen molar-refractivity contribution >= 4 is 10.9 Å². The standard InChI is InChI=1S/C27H25N5O/c1-19(14-20-6-4-7-21(15-20)16-27-29-31-32-30-27)23-9-5-10-25(17-23)33-18-24-13-12-22-8-2-3-11-26(22)28-24/h2-13,15,17,19H,14,16,18H2,1H3,(H,29,30,31,32). The fraction of sp³-hybridized carbons (Fsp3) is 0.185. The SMILES string of the molecule is CC(Cc1cccc(Cc2nnn[nH]2)c1)c1cccc(OCc2ccc3ccccc3n2)c1. The molecule has 5 rings (SSSR count). The lowest BCUT2D eigenvalue weighted by molar-refractivity contribution is 0.301. The summed E-state index contributed by atoms with van der Waals surface area (Å²) >= 11 is 0. The predicted molar refractivity (Wildman–Crippen MR) is 128 cm³/mol. The van der Waals surface area contributed by atoms with E-state index >= 15 is 0 Å². The Bertz CT molecular complexity index is 1350. The van der Waals surface area contributed by atoms with Crippen molar-refractivity contribution in [2.45, 2.75) is 32.3 Å². The van der Waals surface area contributed by atoms with Crippen LogP contribution in [0.2, 0.25) is 0 Å². The van der Waals surface area contributed by atoms with Gasteiger partial charge in [-0.25, -0.2) is 10.1 Å². The van der Waals surface area contributed by atoms with E-state index in [1.807, 2.05) is 30.3 Å². The number of rotatable bonds is 8. The number of fused-ring (bicyclic) bond motifs is 1. The van der Waals surface area contributed by atoms with Crippen LogP contribution in [0.4, 0.5) is 0 Å². The van der Waals surface area contributed by atoms with Crippen molar-refractivity contribution in [2.24, 2.45) is 0 Å². The molecule has 0 amide bonds. The number of tetrazole rings is 1. The van der Waals surface area contributed by atoms with Crippen molar-refractivity contribution in [1.82, 2.24) is 25.6 Å². The van der Waals surface area contributed by atoms with Gasteiger partial charge < -0.3 is 4.74 Å². The Balaban J connectivity index is 1.23. The molecule has 1 atom stereocenters. The molecule has 0 aliphatic rings. The Labute approximate surface area is 192 Å². The van der Waals surface area contributed by atoms with E-state index in [1.54, 1.807) is 0 Å². The first-order valence-corrected chi connectivity index (χ1v) is 11.1. The molecule has 164 valence electrons. The summed E-state index contributed by atoms with van der Waals surface area (Å²) in [6.07, 6.45) is 1.64. The van der Waals surface area contributed by atoms with Crippen LogP contribution in [0.1, 0.15) is 41.1 Å². The zero-order valence-electron chi connectivity index (χ0n) is 18.5. The summed E-state index contributed by atoms with van der Waals surface area (Å²) in [5, 5.41) is 15.2. The minimum absolute atomic E-state index is 0.356. The Kier molecular flexibility index (Phi) is 6.06. The Morgan fingerprint density at radius 3 is 2.67 bits per heavy atom. The normalized spacial score (nSPS) is 12.0. The van der Waals surface area contributed by atoms with Crippen molar-refractivity contribution in [3.05, 3.63) is 113 Å². The van der Waals surface area contributed by atoms with Gasteiger partial charge in [-0.3, -0.25) is 0 Å². The molecule has 1 N–H and O–H groups in total. The van der Waals surface area contributed by atoms with Crippen LogP contribution in [0.25, 0.3) is 10.9 Å². The topological polar surface area (TPSA) is 76.6 Å². The summed E-state index contributed by atoms with van der Waals surface area (Å²) in [6, 6.07) is 29.2. The summed E-state index contributed by atoms with van der Waals surface area (Å²) in [7, 11) is 0. The van der Waals surface area contributed by atoms with Gasteiger partial charge in [0, 0.05) is 11.8 Å². The van der Waals surface area contributed by atoms with Crippen LogP contribution in [0.3, 0.4) is 0 Å². The van der Waals surface area contributed by atoms with Gasteiger partial charge in [-0.15, -0.1) is 5.10 Å². The van der Waals surface area contributed by atoms with E-state index in [-0.39, 0.29) is 0 Å². The molecule has 1 unspecified atom stereocenters. The number of para-hydroxylation sites is 1. The van der Waals surface area contributed by atoms with E-state index in [0.29, 0.717) is 18.9 Å². The molecule has 0 fully saturated rings. The summed E-state index contributed by atoms with van der Waals surface area (Å²) in [4.78, 5) is 4.70. The molecule has 0 bridgehead atoms. The molecular weight excluding hydrogens is 410 g/mol. The van der Waals surface area contributed by atoms with Gasteiger partial charge in [0.15, 0.2) is 5.82 Å². The van der Waals surface area contributed by atoms with Gasteiger partial charge in [0.25, 0.3) is 0 Å². The monoisotopic (exact) mass is 435 g/mol. The first kappa shape index (κ1) is 20.8. The smallest absolute Gasteiger partial charge is 0.152 e. The zero-order valence-corrected chi connectivity index (χ0v) is 18.5. The van der Waals surface area contributed by atoms with Crippen molar-refractivity contribution in [2.75, 3.05) is 0 Å². The lowest BCUT2D eigenvalue weighted by Gasteiger charge is -2.15. The number of nitrogens with zero attached hydrogens (tertiary/aromatic N) is 4. The van der Waals surface area contributed by atoms with Gasteiger partial charge >= 0.3 is 0 Å². The van der Waals surface area contributed by atoms with Crippen molar-refractivity contribution in [3.8, 4) is 5.75 Å². The number of nitrogens with one attached hydrogen (secondary N) is 1. The van der Waals surface area contributed by atoms with Crippen molar-refractivity contribution in [3.63, 3.8) is 0 Å². The van der Waals surface area contributed by atoms with Crippen LogP contribution in [-0.2, 0) is 19.4 Å². The summed E-state index contributed by atoms with van der Waals surface area (Å²) in [5.74, 6) is 1.99. The van der Waals surface area contributed by atoms with Gasteiger partial charge in [0.2, 0.25) is 0 Å². The van der Waals surface area contributed by atoms with Gasteiger partial charge in [0.1, 0.15) is 12.4 Å². The molecule has 33 heavy (non-hydrogen) atoms. The Hall–Kier alpha value is -4.06. The molecule has 3 aromatic carbocycles. The highest BCUT2D eigenvalue weighted by molar-refractivity contribution is 5.78. The van der Waals surface area contributed by atoms with Gasteiger partial charge in [-0.05, 0) is 63.7 Å². The molecule has 0 spiro atoms.